The molecule has 0 radical (unpaired) electrons. The lowest BCUT2D eigenvalue weighted by molar-refractivity contribution is 0.447. The molecule has 0 atom stereocenters. The van der Waals surface area contributed by atoms with Crippen LogP contribution in [0.5, 0.6) is 0 Å². The van der Waals surface area contributed by atoms with Crippen molar-refractivity contribution in [2.24, 2.45) is 0 Å². The molecule has 0 saturated carbocycles. The predicted octanol–water partition coefficient (Wildman–Crippen LogP) is 2.73. The standard InChI is InChI=1S/C12H13F3N4O/c1-6(2)16-5-10-18-19-12(20-10)17-7-3-8(13)11(15)9(14)4-7/h3-4,6,16H,5H2,1-2H3,(H,17,19). The summed E-state index contributed by atoms with van der Waals surface area (Å²) in [6, 6.07) is 1.82. The quantitative estimate of drug-likeness (QED) is 0.827. The van der Waals surface area contributed by atoms with Crippen LogP contribution in [0.4, 0.5) is 24.9 Å². The third-order valence-corrected chi connectivity index (χ3v) is 2.36. The van der Waals surface area contributed by atoms with Crippen molar-refractivity contribution in [3.8, 4) is 0 Å². The highest BCUT2D eigenvalue weighted by atomic mass is 19.2. The summed E-state index contributed by atoms with van der Waals surface area (Å²) in [5.41, 5.74) is -0.0200. The van der Waals surface area contributed by atoms with Crippen LogP contribution in [0.3, 0.4) is 0 Å². The van der Waals surface area contributed by atoms with E-state index < -0.39 is 17.5 Å². The number of benzene rings is 1. The maximum atomic E-state index is 13.0. The van der Waals surface area contributed by atoms with E-state index in [1.54, 1.807) is 0 Å². The van der Waals surface area contributed by atoms with Crippen molar-refractivity contribution in [1.29, 1.82) is 0 Å². The van der Waals surface area contributed by atoms with Gasteiger partial charge in [-0.25, -0.2) is 13.2 Å². The normalized spacial score (nSPS) is 11.1. The first kappa shape index (κ1) is 14.3. The van der Waals surface area contributed by atoms with Gasteiger partial charge in [-0.2, -0.15) is 0 Å². The van der Waals surface area contributed by atoms with Crippen molar-refractivity contribution in [1.82, 2.24) is 15.5 Å². The summed E-state index contributed by atoms with van der Waals surface area (Å²) in [5, 5.41) is 13.0. The van der Waals surface area contributed by atoms with Gasteiger partial charge in [-0.05, 0) is 0 Å². The van der Waals surface area contributed by atoms with E-state index in [4.69, 9.17) is 4.42 Å². The lowest BCUT2D eigenvalue weighted by Gasteiger charge is -2.04. The van der Waals surface area contributed by atoms with Crippen molar-refractivity contribution in [2.75, 3.05) is 5.32 Å². The second-order valence-electron chi connectivity index (χ2n) is 4.42. The van der Waals surface area contributed by atoms with Gasteiger partial charge in [0.05, 0.1) is 6.54 Å². The van der Waals surface area contributed by atoms with E-state index >= 15 is 0 Å². The predicted molar refractivity (Wildman–Crippen MR) is 65.9 cm³/mol. The highest BCUT2D eigenvalue weighted by Crippen LogP contribution is 2.20. The van der Waals surface area contributed by atoms with Crippen molar-refractivity contribution >= 4 is 11.7 Å². The minimum atomic E-state index is -1.53. The molecule has 0 aliphatic carbocycles. The van der Waals surface area contributed by atoms with Crippen LogP contribution in [0.25, 0.3) is 0 Å². The number of aromatic nitrogens is 2. The number of nitrogens with zero attached hydrogens (tertiary/aromatic N) is 2. The van der Waals surface area contributed by atoms with Crippen molar-refractivity contribution in [2.45, 2.75) is 26.4 Å². The zero-order valence-electron chi connectivity index (χ0n) is 10.9. The fourth-order valence-corrected chi connectivity index (χ4v) is 1.42. The topological polar surface area (TPSA) is 63.0 Å². The molecule has 0 amide bonds. The molecule has 2 rings (SSSR count). The third-order valence-electron chi connectivity index (χ3n) is 2.36. The van der Waals surface area contributed by atoms with Gasteiger partial charge in [-0.15, -0.1) is 5.10 Å². The molecule has 0 aliphatic heterocycles. The van der Waals surface area contributed by atoms with E-state index in [0.29, 0.717) is 12.4 Å². The van der Waals surface area contributed by atoms with Crippen LogP contribution < -0.4 is 10.6 Å². The molecule has 0 fully saturated rings. The van der Waals surface area contributed by atoms with Crippen LogP contribution in [0, 0.1) is 17.5 Å². The number of anilines is 2. The smallest absolute Gasteiger partial charge is 0.320 e. The summed E-state index contributed by atoms with van der Waals surface area (Å²) in [4.78, 5) is 0. The number of nitrogens with one attached hydrogen (secondary N) is 2. The molecule has 0 bridgehead atoms. The highest BCUT2D eigenvalue weighted by Gasteiger charge is 2.12. The molecule has 108 valence electrons. The Morgan fingerprint density at radius 2 is 1.80 bits per heavy atom. The minimum absolute atomic E-state index is 0.0200. The molecule has 0 aliphatic rings. The van der Waals surface area contributed by atoms with Gasteiger partial charge >= 0.3 is 6.01 Å². The molecule has 20 heavy (non-hydrogen) atoms. The van der Waals surface area contributed by atoms with Crippen LogP contribution in [0.2, 0.25) is 0 Å². The second-order valence-corrected chi connectivity index (χ2v) is 4.42. The van der Waals surface area contributed by atoms with Crippen LogP contribution >= 0.6 is 0 Å². The molecule has 0 spiro atoms. The van der Waals surface area contributed by atoms with Gasteiger partial charge in [-0.3, -0.25) is 0 Å². The highest BCUT2D eigenvalue weighted by molar-refractivity contribution is 5.52. The van der Waals surface area contributed by atoms with E-state index in [-0.39, 0.29) is 17.7 Å². The molecular weight excluding hydrogens is 273 g/mol. The van der Waals surface area contributed by atoms with E-state index in [0.717, 1.165) is 12.1 Å². The Bertz CT molecular complexity index is 577. The zero-order chi connectivity index (χ0) is 14.7. The Balaban J connectivity index is 2.07. The van der Waals surface area contributed by atoms with E-state index in [1.807, 2.05) is 13.8 Å². The van der Waals surface area contributed by atoms with E-state index in [9.17, 15) is 13.2 Å². The molecule has 5 nitrogen and oxygen atoms in total. The summed E-state index contributed by atoms with van der Waals surface area (Å²) in [6.45, 7) is 4.29. The van der Waals surface area contributed by atoms with Gasteiger partial charge in [0, 0.05) is 23.9 Å². The summed E-state index contributed by atoms with van der Waals surface area (Å²) < 4.78 is 44.1. The van der Waals surface area contributed by atoms with Crippen LogP contribution in [-0.2, 0) is 6.54 Å². The summed E-state index contributed by atoms with van der Waals surface area (Å²) in [6.07, 6.45) is 0. The molecule has 1 heterocycles. The first-order chi connectivity index (χ1) is 9.45. The van der Waals surface area contributed by atoms with Crippen LogP contribution in [-0.4, -0.2) is 16.2 Å². The average Bonchev–Trinajstić information content (AvgIpc) is 2.81. The summed E-state index contributed by atoms with van der Waals surface area (Å²) in [7, 11) is 0. The van der Waals surface area contributed by atoms with E-state index in [1.165, 1.54) is 0 Å². The van der Waals surface area contributed by atoms with Gasteiger partial charge in [0.15, 0.2) is 17.5 Å². The molecular formula is C12H13F3N4O. The first-order valence-electron chi connectivity index (χ1n) is 5.93. The Hall–Kier alpha value is -2.09. The Morgan fingerprint density at radius 1 is 1.15 bits per heavy atom. The maximum Gasteiger partial charge on any atom is 0.320 e. The van der Waals surface area contributed by atoms with Crippen LogP contribution in [0.15, 0.2) is 16.5 Å². The number of halogens is 3. The van der Waals surface area contributed by atoms with Crippen molar-refractivity contribution in [3.05, 3.63) is 35.5 Å². The molecule has 0 unspecified atom stereocenters. The van der Waals surface area contributed by atoms with Crippen molar-refractivity contribution in [3.63, 3.8) is 0 Å². The summed E-state index contributed by atoms with van der Waals surface area (Å²) in [5.74, 6) is -3.80. The van der Waals surface area contributed by atoms with E-state index in [2.05, 4.69) is 20.8 Å². The van der Waals surface area contributed by atoms with Gasteiger partial charge in [0.1, 0.15) is 0 Å². The monoisotopic (exact) mass is 286 g/mol. The number of hydrogen-bond donors (Lipinski definition) is 2. The van der Waals surface area contributed by atoms with Gasteiger partial charge < -0.3 is 15.1 Å². The lowest BCUT2D eigenvalue weighted by Crippen LogP contribution is -2.21. The SMILES string of the molecule is CC(C)NCc1nnc(Nc2cc(F)c(F)c(F)c2)o1. The third kappa shape index (κ3) is 3.47. The Kier molecular flexibility index (Phi) is 4.23. The van der Waals surface area contributed by atoms with Crippen LogP contribution in [0.1, 0.15) is 19.7 Å². The molecule has 2 N–H and O–H groups in total. The molecule has 8 heteroatoms. The fraction of sp³-hybridized carbons (Fsp3) is 0.333. The van der Waals surface area contributed by atoms with Crippen molar-refractivity contribution < 1.29 is 17.6 Å². The number of rotatable bonds is 5. The minimum Gasteiger partial charge on any atom is -0.406 e. The number of hydrogen-bond acceptors (Lipinski definition) is 5. The first-order valence-corrected chi connectivity index (χ1v) is 5.93. The van der Waals surface area contributed by atoms with Gasteiger partial charge in [0.25, 0.3) is 0 Å². The molecule has 0 saturated heterocycles. The maximum absolute atomic E-state index is 13.0. The molecule has 1 aromatic heterocycles. The Labute approximate surface area is 113 Å². The Morgan fingerprint density at radius 3 is 2.40 bits per heavy atom. The lowest BCUT2D eigenvalue weighted by atomic mass is 10.3. The van der Waals surface area contributed by atoms with Gasteiger partial charge in [-0.1, -0.05) is 18.9 Å². The zero-order valence-corrected chi connectivity index (χ0v) is 10.9. The second kappa shape index (κ2) is 5.91. The fourth-order valence-electron chi connectivity index (χ4n) is 1.42. The average molecular weight is 286 g/mol. The molecule has 2 aromatic rings. The van der Waals surface area contributed by atoms with Gasteiger partial charge in [0.2, 0.25) is 5.89 Å². The summed E-state index contributed by atoms with van der Waals surface area (Å²) >= 11 is 0. The largest absolute Gasteiger partial charge is 0.406 e. The molecule has 1 aromatic carbocycles.